The van der Waals surface area contributed by atoms with E-state index >= 15 is 0 Å². The van der Waals surface area contributed by atoms with Crippen LogP contribution in [0.4, 0.5) is 0 Å². The van der Waals surface area contributed by atoms with Gasteiger partial charge in [-0.3, -0.25) is 9.11 Å². The van der Waals surface area contributed by atoms with Crippen molar-refractivity contribution in [1.29, 1.82) is 5.26 Å². The number of nitrogens with zero attached hydrogens (tertiary/aromatic N) is 1. The maximum atomic E-state index is 8.74. The predicted molar refractivity (Wildman–Crippen MR) is 36.1 cm³/mol. The fourth-order valence-corrected chi connectivity index (χ4v) is 0. The molecule has 0 amide bonds. The summed E-state index contributed by atoms with van der Waals surface area (Å²) in [4.78, 5) is 0. The van der Waals surface area contributed by atoms with Crippen molar-refractivity contribution in [2.75, 3.05) is 0 Å². The third kappa shape index (κ3) is 92.8. The third-order valence-electron chi connectivity index (χ3n) is 0.274. The number of hydrogen-bond acceptors (Lipinski definition) is 4. The van der Waals surface area contributed by atoms with Crippen LogP contribution in [0.5, 0.6) is 0 Å². The first-order valence-corrected chi connectivity index (χ1v) is 3.79. The van der Waals surface area contributed by atoms with E-state index < -0.39 is 16.0 Å². The molecule has 66 valence electrons. The molecule has 11 heavy (non-hydrogen) atoms. The molecule has 0 aromatic heterocycles. The molecular formula is C4H9NO5S. The van der Waals surface area contributed by atoms with Crippen molar-refractivity contribution in [3.63, 3.8) is 0 Å². The summed E-state index contributed by atoms with van der Waals surface area (Å²) in [6, 6.07) is 1.66. The van der Waals surface area contributed by atoms with Crippen molar-refractivity contribution < 1.29 is 22.6 Å². The zero-order valence-electron chi connectivity index (χ0n) is 6.01. The average Bonchev–Trinajstić information content (AvgIpc) is 1.59. The lowest BCUT2D eigenvalue weighted by Crippen LogP contribution is -2.13. The van der Waals surface area contributed by atoms with Crippen LogP contribution in [0.3, 0.4) is 0 Å². The molecule has 6 nitrogen and oxygen atoms in total. The van der Waals surface area contributed by atoms with Crippen molar-refractivity contribution in [2.45, 2.75) is 19.4 Å². The van der Waals surface area contributed by atoms with E-state index in [1.807, 2.05) is 0 Å². The van der Waals surface area contributed by atoms with Crippen molar-refractivity contribution in [3.8, 4) is 6.07 Å². The van der Waals surface area contributed by atoms with Gasteiger partial charge >= 0.3 is 10.4 Å². The molecule has 7 heteroatoms. The second-order valence-electron chi connectivity index (χ2n) is 2.12. The minimum absolute atomic E-state index is 1.15. The number of aliphatic hydroxyl groups is 1. The van der Waals surface area contributed by atoms with E-state index in [0.717, 1.165) is 0 Å². The number of rotatable bonds is 0. The van der Waals surface area contributed by atoms with Gasteiger partial charge in [-0.25, -0.2) is 0 Å². The average molecular weight is 183 g/mol. The third-order valence-corrected chi connectivity index (χ3v) is 0.274. The molecule has 0 fully saturated rings. The van der Waals surface area contributed by atoms with Crippen LogP contribution in [0.25, 0.3) is 0 Å². The predicted octanol–water partition coefficient (Wildman–Crippen LogP) is -0.372. The smallest absolute Gasteiger partial charge is 0.376 e. The summed E-state index contributed by atoms with van der Waals surface area (Å²) in [5.74, 6) is 0. The summed E-state index contributed by atoms with van der Waals surface area (Å²) < 4.78 is 31.6. The van der Waals surface area contributed by atoms with Crippen molar-refractivity contribution in [1.82, 2.24) is 0 Å². The van der Waals surface area contributed by atoms with E-state index in [4.69, 9.17) is 27.9 Å². The monoisotopic (exact) mass is 183 g/mol. The highest BCUT2D eigenvalue weighted by atomic mass is 32.3. The van der Waals surface area contributed by atoms with Gasteiger partial charge in [-0.1, -0.05) is 0 Å². The molecule has 0 aliphatic heterocycles. The van der Waals surface area contributed by atoms with Crippen LogP contribution in [0, 0.1) is 11.3 Å². The summed E-state index contributed by atoms with van der Waals surface area (Å²) >= 11 is 0. The first-order chi connectivity index (χ1) is 4.56. The van der Waals surface area contributed by atoms with Gasteiger partial charge in [-0.15, -0.1) is 0 Å². The largest absolute Gasteiger partial charge is 0.394 e. The van der Waals surface area contributed by atoms with Crippen LogP contribution < -0.4 is 0 Å². The minimum atomic E-state index is -4.67. The topological polar surface area (TPSA) is 119 Å². The quantitative estimate of drug-likeness (QED) is 0.348. The van der Waals surface area contributed by atoms with E-state index in [-0.39, 0.29) is 0 Å². The first-order valence-electron chi connectivity index (χ1n) is 2.40. The van der Waals surface area contributed by atoms with Crippen molar-refractivity contribution >= 4 is 10.4 Å². The van der Waals surface area contributed by atoms with Gasteiger partial charge in [0.2, 0.25) is 0 Å². The fraction of sp³-hybridized carbons (Fsp3) is 0.750. The summed E-state index contributed by atoms with van der Waals surface area (Å²) in [5.41, 5.74) is -1.15. The lowest BCUT2D eigenvalue weighted by Gasteiger charge is -2.00. The van der Waals surface area contributed by atoms with Gasteiger partial charge in [0.05, 0.1) is 6.07 Å². The Labute approximate surface area is 64.7 Å². The zero-order valence-corrected chi connectivity index (χ0v) is 6.83. The molecule has 0 unspecified atom stereocenters. The highest BCUT2D eigenvalue weighted by Crippen LogP contribution is 1.93. The Balaban J connectivity index is 0. The van der Waals surface area contributed by atoms with Crippen molar-refractivity contribution in [3.05, 3.63) is 0 Å². The van der Waals surface area contributed by atoms with Crippen LogP contribution in [0.1, 0.15) is 13.8 Å². The highest BCUT2D eigenvalue weighted by molar-refractivity contribution is 7.79. The Kier molecular flexibility index (Phi) is 5.00. The van der Waals surface area contributed by atoms with Crippen LogP contribution in [-0.2, 0) is 10.4 Å². The number of nitriles is 1. The Morgan fingerprint density at radius 3 is 1.45 bits per heavy atom. The summed E-state index contributed by atoms with van der Waals surface area (Å²) in [7, 11) is -4.67. The van der Waals surface area contributed by atoms with Crippen LogP contribution in [0.15, 0.2) is 0 Å². The lowest BCUT2D eigenvalue weighted by molar-refractivity contribution is 0.141. The number of hydrogen-bond donors (Lipinski definition) is 3. The minimum Gasteiger partial charge on any atom is -0.376 e. The summed E-state index contributed by atoms with van der Waals surface area (Å²) in [6.45, 7) is 2.88. The molecule has 3 N–H and O–H groups in total. The molecule has 0 aliphatic carbocycles. The van der Waals surface area contributed by atoms with Gasteiger partial charge in [0.1, 0.15) is 5.60 Å². The highest BCUT2D eigenvalue weighted by Gasteiger charge is 2.07. The van der Waals surface area contributed by atoms with Crippen LogP contribution in [0.2, 0.25) is 0 Å². The zero-order chi connectivity index (χ0) is 9.71. The molecule has 0 atom stereocenters. The molecule has 0 aromatic rings. The van der Waals surface area contributed by atoms with E-state index in [1.54, 1.807) is 6.07 Å². The Bertz CT molecular complexity index is 222. The molecule has 0 heterocycles. The first kappa shape index (κ1) is 12.9. The van der Waals surface area contributed by atoms with Crippen LogP contribution >= 0.6 is 0 Å². The molecule has 0 rings (SSSR count). The SMILES string of the molecule is CC(C)(O)C#N.O=S(=O)(O)O. The van der Waals surface area contributed by atoms with Gasteiger partial charge in [-0.05, 0) is 13.8 Å². The fourth-order valence-electron chi connectivity index (χ4n) is 0. The summed E-state index contributed by atoms with van der Waals surface area (Å²) in [6.07, 6.45) is 0. The van der Waals surface area contributed by atoms with Gasteiger partial charge in [0.15, 0.2) is 0 Å². The maximum Gasteiger partial charge on any atom is 0.394 e. The Morgan fingerprint density at radius 1 is 1.36 bits per heavy atom. The lowest BCUT2D eigenvalue weighted by atomic mass is 10.2. The second-order valence-corrected chi connectivity index (χ2v) is 3.01. The molecule has 0 spiro atoms. The van der Waals surface area contributed by atoms with Crippen LogP contribution in [-0.4, -0.2) is 28.2 Å². The molecule has 0 saturated heterocycles. The van der Waals surface area contributed by atoms with Crippen molar-refractivity contribution in [2.24, 2.45) is 0 Å². The Hall–Kier alpha value is -0.680. The summed E-state index contributed by atoms with van der Waals surface area (Å²) in [5, 5.41) is 16.4. The van der Waals surface area contributed by atoms with E-state index in [9.17, 15) is 0 Å². The second kappa shape index (κ2) is 4.25. The van der Waals surface area contributed by atoms with Gasteiger partial charge in [0.25, 0.3) is 0 Å². The molecule has 0 radical (unpaired) electrons. The van der Waals surface area contributed by atoms with E-state index in [0.29, 0.717) is 0 Å². The van der Waals surface area contributed by atoms with Gasteiger partial charge in [-0.2, -0.15) is 13.7 Å². The van der Waals surface area contributed by atoms with Gasteiger partial charge in [0, 0.05) is 0 Å². The molecule has 0 saturated carbocycles. The van der Waals surface area contributed by atoms with E-state index in [1.165, 1.54) is 13.8 Å². The molecular weight excluding hydrogens is 174 g/mol. The maximum absolute atomic E-state index is 8.74. The Morgan fingerprint density at radius 2 is 1.45 bits per heavy atom. The van der Waals surface area contributed by atoms with E-state index in [2.05, 4.69) is 0 Å². The van der Waals surface area contributed by atoms with Gasteiger partial charge < -0.3 is 5.11 Å². The molecule has 0 aromatic carbocycles. The normalized spacial score (nSPS) is 10.9. The standard InChI is InChI=1S/C4H7NO.H2O4S/c1-4(2,6)3-5;1-5(2,3)4/h6H,1-2H3;(H2,1,2,3,4). The molecule has 0 bridgehead atoms. The molecule has 0 aliphatic rings.